The monoisotopic (exact) mass is 456 g/mol. The molecular formula is C23H25FN4O3S. The highest BCUT2D eigenvalue weighted by Gasteiger charge is 2.15. The molecule has 1 heterocycles. The van der Waals surface area contributed by atoms with E-state index in [9.17, 15) is 19.1 Å². The molecule has 0 aliphatic carbocycles. The van der Waals surface area contributed by atoms with Gasteiger partial charge in [-0.1, -0.05) is 53.7 Å². The Hall–Kier alpha value is -3.17. The number of rotatable bonds is 10. The number of aliphatic hydroxyl groups excluding tert-OH is 1. The van der Waals surface area contributed by atoms with Gasteiger partial charge >= 0.3 is 0 Å². The Labute approximate surface area is 190 Å². The second-order valence-electron chi connectivity index (χ2n) is 7.23. The fourth-order valence-electron chi connectivity index (χ4n) is 2.89. The molecule has 2 amide bonds. The van der Waals surface area contributed by atoms with E-state index in [0.717, 1.165) is 16.7 Å². The fraction of sp³-hybridized carbons (Fsp3) is 0.261. The molecule has 0 fully saturated rings. The zero-order valence-corrected chi connectivity index (χ0v) is 18.5. The van der Waals surface area contributed by atoms with Crippen LogP contribution in [0.5, 0.6) is 0 Å². The minimum Gasteiger partial charge on any atom is -0.390 e. The lowest BCUT2D eigenvalue weighted by Gasteiger charge is -2.11. The molecule has 7 nitrogen and oxygen atoms in total. The number of benzene rings is 2. The van der Waals surface area contributed by atoms with E-state index < -0.39 is 0 Å². The molecule has 3 aromatic rings. The van der Waals surface area contributed by atoms with E-state index in [1.807, 2.05) is 31.2 Å². The van der Waals surface area contributed by atoms with Crippen LogP contribution in [0, 0.1) is 12.7 Å². The number of hydrogen-bond donors (Lipinski definition) is 3. The van der Waals surface area contributed by atoms with Crippen molar-refractivity contribution >= 4 is 23.6 Å². The first-order chi connectivity index (χ1) is 15.4. The number of carbonyl (C=O) groups is 2. The van der Waals surface area contributed by atoms with Gasteiger partial charge in [-0.2, -0.15) is 0 Å². The number of nitrogens with one attached hydrogen (secondary N) is 2. The Balaban J connectivity index is 1.51. The Bertz CT molecular complexity index is 1050. The summed E-state index contributed by atoms with van der Waals surface area (Å²) in [5, 5.41) is 15.7. The maximum atomic E-state index is 13.0. The molecule has 1 aromatic heterocycles. The highest BCUT2D eigenvalue weighted by atomic mass is 32.2. The van der Waals surface area contributed by atoms with Crippen LogP contribution in [-0.4, -0.2) is 32.2 Å². The van der Waals surface area contributed by atoms with Gasteiger partial charge in [0.1, 0.15) is 12.4 Å². The van der Waals surface area contributed by atoms with Crippen LogP contribution in [0.1, 0.15) is 22.4 Å². The highest BCUT2D eigenvalue weighted by molar-refractivity contribution is 7.99. The molecule has 0 bridgehead atoms. The van der Waals surface area contributed by atoms with Gasteiger partial charge in [-0.3, -0.25) is 9.59 Å². The van der Waals surface area contributed by atoms with Gasteiger partial charge in [-0.05, 0) is 30.2 Å². The molecule has 3 N–H and O–H groups in total. The van der Waals surface area contributed by atoms with E-state index in [-0.39, 0.29) is 43.1 Å². The summed E-state index contributed by atoms with van der Waals surface area (Å²) in [4.78, 5) is 28.8. The van der Waals surface area contributed by atoms with Crippen LogP contribution >= 0.6 is 11.8 Å². The number of amides is 2. The van der Waals surface area contributed by atoms with Gasteiger partial charge in [0.05, 0.1) is 24.3 Å². The first kappa shape index (κ1) is 23.5. The molecule has 168 valence electrons. The van der Waals surface area contributed by atoms with Gasteiger partial charge < -0.3 is 20.3 Å². The molecule has 2 aromatic carbocycles. The molecule has 0 saturated heterocycles. The Morgan fingerprint density at radius 1 is 1.00 bits per heavy atom. The van der Waals surface area contributed by atoms with Gasteiger partial charge in [0, 0.05) is 13.1 Å². The number of aryl methyl sites for hydroxylation is 1. The van der Waals surface area contributed by atoms with Crippen molar-refractivity contribution < 1.29 is 19.1 Å². The SMILES string of the molecule is Cc1ccc(CNC(=O)CSc2ncc(CO)n2CC(=O)NCc2ccc(F)cc2)cc1. The quantitative estimate of drug-likeness (QED) is 0.408. The van der Waals surface area contributed by atoms with Crippen molar-refractivity contribution in [3.05, 3.63) is 82.9 Å². The normalized spacial score (nSPS) is 10.7. The average Bonchev–Trinajstić information content (AvgIpc) is 3.18. The van der Waals surface area contributed by atoms with Crippen LogP contribution in [0.25, 0.3) is 0 Å². The number of aliphatic hydroxyl groups is 1. The van der Waals surface area contributed by atoms with E-state index in [2.05, 4.69) is 15.6 Å². The number of aromatic nitrogens is 2. The van der Waals surface area contributed by atoms with Crippen molar-refractivity contribution in [3.8, 4) is 0 Å². The van der Waals surface area contributed by atoms with Gasteiger partial charge in [0.15, 0.2) is 5.16 Å². The van der Waals surface area contributed by atoms with Crippen LogP contribution in [0.15, 0.2) is 59.9 Å². The smallest absolute Gasteiger partial charge is 0.240 e. The van der Waals surface area contributed by atoms with Crippen LogP contribution < -0.4 is 10.6 Å². The predicted octanol–water partition coefficient (Wildman–Crippen LogP) is 2.55. The first-order valence-corrected chi connectivity index (χ1v) is 11.0. The summed E-state index contributed by atoms with van der Waals surface area (Å²) in [6, 6.07) is 13.8. The summed E-state index contributed by atoms with van der Waals surface area (Å²) in [6.07, 6.45) is 1.49. The largest absolute Gasteiger partial charge is 0.390 e. The van der Waals surface area contributed by atoms with Crippen molar-refractivity contribution in [3.63, 3.8) is 0 Å². The number of halogens is 1. The molecule has 0 aliphatic heterocycles. The standard InChI is InChI=1S/C23H25FN4O3S/c1-16-2-4-17(5-3-16)11-26-22(31)15-32-23-27-12-20(14-29)28(23)13-21(30)25-10-18-6-8-19(24)9-7-18/h2-9,12,29H,10-11,13-15H2,1H3,(H,25,30)(H,26,31). The zero-order valence-electron chi connectivity index (χ0n) is 17.7. The Morgan fingerprint density at radius 3 is 2.22 bits per heavy atom. The van der Waals surface area contributed by atoms with Gasteiger partial charge in [0.2, 0.25) is 11.8 Å². The summed E-state index contributed by atoms with van der Waals surface area (Å²) >= 11 is 1.19. The van der Waals surface area contributed by atoms with E-state index in [0.29, 0.717) is 17.4 Å². The van der Waals surface area contributed by atoms with E-state index in [4.69, 9.17) is 0 Å². The van der Waals surface area contributed by atoms with E-state index in [1.54, 1.807) is 16.7 Å². The molecule has 0 atom stereocenters. The van der Waals surface area contributed by atoms with Crippen LogP contribution in [0.3, 0.4) is 0 Å². The predicted molar refractivity (Wildman–Crippen MR) is 120 cm³/mol. The van der Waals surface area contributed by atoms with Crippen molar-refractivity contribution in [1.82, 2.24) is 20.2 Å². The van der Waals surface area contributed by atoms with Gasteiger partial charge in [-0.25, -0.2) is 9.37 Å². The van der Waals surface area contributed by atoms with Crippen molar-refractivity contribution in [2.45, 2.75) is 38.3 Å². The average molecular weight is 457 g/mol. The minimum atomic E-state index is -0.337. The van der Waals surface area contributed by atoms with Crippen LogP contribution in [-0.2, 0) is 35.8 Å². The highest BCUT2D eigenvalue weighted by Crippen LogP contribution is 2.19. The molecular weight excluding hydrogens is 431 g/mol. The zero-order chi connectivity index (χ0) is 22.9. The lowest BCUT2D eigenvalue weighted by atomic mass is 10.1. The third-order valence-electron chi connectivity index (χ3n) is 4.71. The topological polar surface area (TPSA) is 96.2 Å². The summed E-state index contributed by atoms with van der Waals surface area (Å²) in [5.41, 5.74) is 3.41. The molecule has 9 heteroatoms. The number of thioether (sulfide) groups is 1. The van der Waals surface area contributed by atoms with E-state index in [1.165, 1.54) is 30.1 Å². The Kier molecular flexibility index (Phi) is 8.41. The molecule has 0 spiro atoms. The lowest BCUT2D eigenvalue weighted by molar-refractivity contribution is -0.122. The first-order valence-electron chi connectivity index (χ1n) is 10.1. The molecule has 3 rings (SSSR count). The summed E-state index contributed by atoms with van der Waals surface area (Å²) in [5.74, 6) is -0.648. The third kappa shape index (κ3) is 6.93. The summed E-state index contributed by atoms with van der Waals surface area (Å²) in [6.45, 7) is 2.36. The maximum absolute atomic E-state index is 13.0. The summed E-state index contributed by atoms with van der Waals surface area (Å²) < 4.78 is 14.6. The molecule has 0 radical (unpaired) electrons. The molecule has 0 saturated carbocycles. The third-order valence-corrected chi connectivity index (χ3v) is 5.70. The van der Waals surface area contributed by atoms with Crippen molar-refractivity contribution in [2.75, 3.05) is 5.75 Å². The lowest BCUT2D eigenvalue weighted by Crippen LogP contribution is -2.28. The van der Waals surface area contributed by atoms with Crippen LogP contribution in [0.2, 0.25) is 0 Å². The number of carbonyl (C=O) groups excluding carboxylic acids is 2. The Morgan fingerprint density at radius 2 is 1.59 bits per heavy atom. The fourth-order valence-corrected chi connectivity index (χ4v) is 3.72. The van der Waals surface area contributed by atoms with Crippen LogP contribution in [0.4, 0.5) is 4.39 Å². The second-order valence-corrected chi connectivity index (χ2v) is 8.17. The minimum absolute atomic E-state index is 0.0512. The van der Waals surface area contributed by atoms with Gasteiger partial charge in [0.25, 0.3) is 0 Å². The van der Waals surface area contributed by atoms with Crippen molar-refractivity contribution in [2.24, 2.45) is 0 Å². The summed E-state index contributed by atoms with van der Waals surface area (Å²) in [7, 11) is 0. The number of nitrogens with zero attached hydrogens (tertiary/aromatic N) is 2. The number of imidazole rings is 1. The number of hydrogen-bond acceptors (Lipinski definition) is 5. The van der Waals surface area contributed by atoms with Crippen molar-refractivity contribution in [1.29, 1.82) is 0 Å². The molecule has 0 aliphatic rings. The van der Waals surface area contributed by atoms with E-state index >= 15 is 0 Å². The molecule has 0 unspecified atom stereocenters. The second kappa shape index (κ2) is 11.4. The van der Waals surface area contributed by atoms with Gasteiger partial charge in [-0.15, -0.1) is 0 Å². The molecule has 32 heavy (non-hydrogen) atoms. The maximum Gasteiger partial charge on any atom is 0.240 e.